The minimum atomic E-state index is 0.303. The van der Waals surface area contributed by atoms with Crippen LogP contribution in [0.3, 0.4) is 0 Å². The first-order chi connectivity index (χ1) is 6.38. The van der Waals surface area contributed by atoms with Crippen LogP contribution >= 0.6 is 0 Å². The van der Waals surface area contributed by atoms with Gasteiger partial charge in [0.15, 0.2) is 0 Å². The zero-order chi connectivity index (χ0) is 9.52. The summed E-state index contributed by atoms with van der Waals surface area (Å²) in [6.07, 6.45) is 10.8. The molecule has 0 aliphatic carbocycles. The SMILES string of the molecule is C#CCCN1CCCCC1CCO. The lowest BCUT2D eigenvalue weighted by Gasteiger charge is -2.35. The molecule has 0 aromatic carbocycles. The van der Waals surface area contributed by atoms with Gasteiger partial charge in [-0.2, -0.15) is 0 Å². The second-order valence-corrected chi connectivity index (χ2v) is 3.65. The van der Waals surface area contributed by atoms with Crippen molar-refractivity contribution in [3.63, 3.8) is 0 Å². The van der Waals surface area contributed by atoms with Gasteiger partial charge in [0.1, 0.15) is 0 Å². The molecular formula is C11H19NO. The number of nitrogens with zero attached hydrogens (tertiary/aromatic N) is 1. The number of piperidine rings is 1. The summed E-state index contributed by atoms with van der Waals surface area (Å²) in [6, 6.07) is 0.576. The number of hydrogen-bond acceptors (Lipinski definition) is 2. The highest BCUT2D eigenvalue weighted by Crippen LogP contribution is 2.19. The minimum Gasteiger partial charge on any atom is -0.396 e. The van der Waals surface area contributed by atoms with E-state index >= 15 is 0 Å². The van der Waals surface area contributed by atoms with Crippen molar-refractivity contribution in [2.24, 2.45) is 0 Å². The summed E-state index contributed by atoms with van der Waals surface area (Å²) in [6.45, 7) is 2.46. The lowest BCUT2D eigenvalue weighted by atomic mass is 9.99. The van der Waals surface area contributed by atoms with E-state index in [4.69, 9.17) is 11.5 Å². The second-order valence-electron chi connectivity index (χ2n) is 3.65. The quantitative estimate of drug-likeness (QED) is 0.660. The molecule has 13 heavy (non-hydrogen) atoms. The molecule has 0 spiro atoms. The molecule has 0 aromatic heterocycles. The van der Waals surface area contributed by atoms with Crippen molar-refractivity contribution in [2.45, 2.75) is 38.1 Å². The van der Waals surface area contributed by atoms with Crippen molar-refractivity contribution in [3.8, 4) is 12.3 Å². The summed E-state index contributed by atoms with van der Waals surface area (Å²) in [4.78, 5) is 2.43. The van der Waals surface area contributed by atoms with Gasteiger partial charge >= 0.3 is 0 Å². The standard InChI is InChI=1S/C11H19NO/c1-2-3-8-12-9-5-4-6-11(12)7-10-13/h1,11,13H,3-10H2. The number of likely N-dealkylation sites (tertiary alicyclic amines) is 1. The normalized spacial score (nSPS) is 24.2. The summed E-state index contributed by atoms with van der Waals surface area (Å²) in [5.41, 5.74) is 0. The Balaban J connectivity index is 2.33. The highest BCUT2D eigenvalue weighted by Gasteiger charge is 2.20. The predicted octanol–water partition coefficient (Wildman–Crippen LogP) is 1.25. The molecule has 1 atom stereocenters. The van der Waals surface area contributed by atoms with Crippen LogP contribution < -0.4 is 0 Å². The first kappa shape index (κ1) is 10.6. The number of hydrogen-bond donors (Lipinski definition) is 1. The molecule has 1 unspecified atom stereocenters. The van der Waals surface area contributed by atoms with Crippen molar-refractivity contribution in [2.75, 3.05) is 19.7 Å². The molecule has 1 N–H and O–H groups in total. The Hall–Kier alpha value is -0.520. The van der Waals surface area contributed by atoms with E-state index < -0.39 is 0 Å². The van der Waals surface area contributed by atoms with Crippen molar-refractivity contribution < 1.29 is 5.11 Å². The Labute approximate surface area is 80.9 Å². The van der Waals surface area contributed by atoms with Crippen molar-refractivity contribution in [3.05, 3.63) is 0 Å². The van der Waals surface area contributed by atoms with Gasteiger partial charge in [0, 0.05) is 25.6 Å². The van der Waals surface area contributed by atoms with Crippen LogP contribution in [0.2, 0.25) is 0 Å². The molecule has 0 bridgehead atoms. The van der Waals surface area contributed by atoms with E-state index in [2.05, 4.69) is 10.8 Å². The Morgan fingerprint density at radius 2 is 2.31 bits per heavy atom. The first-order valence-electron chi connectivity index (χ1n) is 5.17. The van der Waals surface area contributed by atoms with Crippen LogP contribution in [0.4, 0.5) is 0 Å². The molecule has 2 heteroatoms. The molecule has 1 fully saturated rings. The number of terminal acetylenes is 1. The molecule has 0 saturated carbocycles. The van der Waals surface area contributed by atoms with Gasteiger partial charge in [0.2, 0.25) is 0 Å². The zero-order valence-electron chi connectivity index (χ0n) is 8.21. The third kappa shape index (κ3) is 3.38. The monoisotopic (exact) mass is 181 g/mol. The summed E-state index contributed by atoms with van der Waals surface area (Å²) in [7, 11) is 0. The summed E-state index contributed by atoms with van der Waals surface area (Å²) in [5, 5.41) is 8.89. The highest BCUT2D eigenvalue weighted by atomic mass is 16.3. The molecule has 1 aliphatic heterocycles. The van der Waals surface area contributed by atoms with Gasteiger partial charge in [-0.1, -0.05) is 6.42 Å². The van der Waals surface area contributed by atoms with Gasteiger partial charge in [0.25, 0.3) is 0 Å². The van der Waals surface area contributed by atoms with Gasteiger partial charge in [0.05, 0.1) is 0 Å². The third-order valence-corrected chi connectivity index (χ3v) is 2.75. The van der Waals surface area contributed by atoms with Crippen LogP contribution in [0.15, 0.2) is 0 Å². The lowest BCUT2D eigenvalue weighted by molar-refractivity contribution is 0.122. The topological polar surface area (TPSA) is 23.5 Å². The third-order valence-electron chi connectivity index (χ3n) is 2.75. The molecule has 1 heterocycles. The van der Waals surface area contributed by atoms with Crippen LogP contribution in [0.25, 0.3) is 0 Å². The predicted molar refractivity (Wildman–Crippen MR) is 54.4 cm³/mol. The Kier molecular flexibility index (Phi) is 4.88. The fraction of sp³-hybridized carbons (Fsp3) is 0.818. The van der Waals surface area contributed by atoms with Gasteiger partial charge in [-0.15, -0.1) is 12.3 Å². The van der Waals surface area contributed by atoms with E-state index in [1.807, 2.05) is 0 Å². The average molecular weight is 181 g/mol. The zero-order valence-corrected chi connectivity index (χ0v) is 8.21. The minimum absolute atomic E-state index is 0.303. The maximum atomic E-state index is 8.89. The van der Waals surface area contributed by atoms with Gasteiger partial charge < -0.3 is 5.11 Å². The Morgan fingerprint density at radius 1 is 1.46 bits per heavy atom. The van der Waals surface area contributed by atoms with Gasteiger partial charge in [-0.25, -0.2) is 0 Å². The molecule has 74 valence electrons. The maximum absolute atomic E-state index is 8.89. The molecule has 1 aliphatic rings. The van der Waals surface area contributed by atoms with Crippen LogP contribution in [-0.4, -0.2) is 35.7 Å². The van der Waals surface area contributed by atoms with Crippen molar-refractivity contribution >= 4 is 0 Å². The van der Waals surface area contributed by atoms with Crippen LogP contribution in [0.1, 0.15) is 32.1 Å². The first-order valence-corrected chi connectivity index (χ1v) is 5.17. The number of aliphatic hydroxyl groups excluding tert-OH is 1. The summed E-state index contributed by atoms with van der Waals surface area (Å²) < 4.78 is 0. The largest absolute Gasteiger partial charge is 0.396 e. The molecule has 1 rings (SSSR count). The average Bonchev–Trinajstić information content (AvgIpc) is 2.17. The molecule has 0 radical (unpaired) electrons. The molecule has 2 nitrogen and oxygen atoms in total. The van der Waals surface area contributed by atoms with E-state index in [0.717, 1.165) is 25.9 Å². The summed E-state index contributed by atoms with van der Waals surface area (Å²) in [5.74, 6) is 2.67. The number of rotatable bonds is 4. The molecule has 1 saturated heterocycles. The molecular weight excluding hydrogens is 162 g/mol. The molecule has 0 aromatic rings. The Bertz CT molecular complexity index is 171. The van der Waals surface area contributed by atoms with Crippen molar-refractivity contribution in [1.29, 1.82) is 0 Å². The summed E-state index contributed by atoms with van der Waals surface area (Å²) >= 11 is 0. The maximum Gasteiger partial charge on any atom is 0.0445 e. The van der Waals surface area contributed by atoms with Gasteiger partial charge in [-0.3, -0.25) is 4.90 Å². The second kappa shape index (κ2) is 6.01. The smallest absolute Gasteiger partial charge is 0.0445 e. The van der Waals surface area contributed by atoms with Gasteiger partial charge in [-0.05, 0) is 25.8 Å². The van der Waals surface area contributed by atoms with Crippen LogP contribution in [0.5, 0.6) is 0 Å². The van der Waals surface area contributed by atoms with Crippen LogP contribution in [-0.2, 0) is 0 Å². The fourth-order valence-corrected chi connectivity index (χ4v) is 2.04. The Morgan fingerprint density at radius 3 is 3.00 bits per heavy atom. The molecule has 0 amide bonds. The van der Waals surface area contributed by atoms with E-state index in [1.165, 1.54) is 19.3 Å². The fourth-order valence-electron chi connectivity index (χ4n) is 2.04. The van der Waals surface area contributed by atoms with E-state index in [1.54, 1.807) is 0 Å². The highest BCUT2D eigenvalue weighted by molar-refractivity contribution is 4.87. The van der Waals surface area contributed by atoms with Crippen molar-refractivity contribution in [1.82, 2.24) is 4.90 Å². The van der Waals surface area contributed by atoms with Crippen LogP contribution in [0, 0.1) is 12.3 Å². The van der Waals surface area contributed by atoms with E-state index in [0.29, 0.717) is 12.6 Å². The van der Waals surface area contributed by atoms with E-state index in [-0.39, 0.29) is 0 Å². The van der Waals surface area contributed by atoms with E-state index in [9.17, 15) is 0 Å². The number of aliphatic hydroxyl groups is 1. The lowest BCUT2D eigenvalue weighted by Crippen LogP contribution is -2.40.